The molecule has 6 nitrogen and oxygen atoms in total. The van der Waals surface area contributed by atoms with Crippen LogP contribution in [0.4, 0.5) is 0 Å². The molecule has 2 aromatic rings. The molecule has 2 N–H and O–H groups in total. The Bertz CT molecular complexity index is 751. The Morgan fingerprint density at radius 3 is 2.44 bits per heavy atom. The molecule has 0 saturated carbocycles. The van der Waals surface area contributed by atoms with Gasteiger partial charge < -0.3 is 15.1 Å². The summed E-state index contributed by atoms with van der Waals surface area (Å²) in [5.41, 5.74) is 2.77. The fraction of sp³-hybridized carbons (Fsp3) is 0.316. The second-order valence-corrected chi connectivity index (χ2v) is 5.86. The topological polar surface area (TPSA) is 88.4 Å². The number of aryl methyl sites for hydroxylation is 2. The highest BCUT2D eigenvalue weighted by Gasteiger charge is 2.11. The van der Waals surface area contributed by atoms with Crippen molar-refractivity contribution in [2.24, 2.45) is 0 Å². The lowest BCUT2D eigenvalue weighted by atomic mass is 10.0. The normalized spacial score (nSPS) is 10.3. The highest BCUT2D eigenvalue weighted by molar-refractivity contribution is 5.98. The number of hydrogen-bond donors (Lipinski definition) is 2. The third-order valence-electron chi connectivity index (χ3n) is 3.89. The maximum Gasteiger partial charge on any atom is 0.239 e. The maximum absolute atomic E-state index is 12.1. The van der Waals surface area contributed by atoms with Gasteiger partial charge in [0.1, 0.15) is 5.76 Å². The fourth-order valence-electron chi connectivity index (χ4n) is 2.21. The van der Waals surface area contributed by atoms with Gasteiger partial charge in [-0.25, -0.2) is 0 Å². The summed E-state index contributed by atoms with van der Waals surface area (Å²) >= 11 is 0. The molecule has 0 saturated heterocycles. The van der Waals surface area contributed by atoms with E-state index in [4.69, 9.17) is 4.42 Å². The van der Waals surface area contributed by atoms with Crippen molar-refractivity contribution in [2.75, 3.05) is 6.54 Å². The first-order valence-corrected chi connectivity index (χ1v) is 8.12. The second-order valence-electron chi connectivity index (χ2n) is 5.86. The lowest BCUT2D eigenvalue weighted by molar-refractivity contribution is -0.126. The van der Waals surface area contributed by atoms with Gasteiger partial charge in [0.25, 0.3) is 0 Å². The molecule has 0 aliphatic heterocycles. The van der Waals surface area contributed by atoms with Gasteiger partial charge in [0.2, 0.25) is 11.8 Å². The van der Waals surface area contributed by atoms with E-state index in [0.29, 0.717) is 11.3 Å². The van der Waals surface area contributed by atoms with Gasteiger partial charge in [-0.15, -0.1) is 0 Å². The Hall–Kier alpha value is -2.89. The summed E-state index contributed by atoms with van der Waals surface area (Å²) in [6.07, 6.45) is 1.69. The van der Waals surface area contributed by atoms with E-state index >= 15 is 0 Å². The zero-order valence-electron chi connectivity index (χ0n) is 14.4. The van der Waals surface area contributed by atoms with E-state index in [9.17, 15) is 14.4 Å². The van der Waals surface area contributed by atoms with Crippen LogP contribution in [0.25, 0.3) is 0 Å². The van der Waals surface area contributed by atoms with Gasteiger partial charge in [-0.2, -0.15) is 0 Å². The summed E-state index contributed by atoms with van der Waals surface area (Å²) in [7, 11) is 0. The van der Waals surface area contributed by atoms with Crippen LogP contribution >= 0.6 is 0 Å². The predicted molar refractivity (Wildman–Crippen MR) is 93.0 cm³/mol. The summed E-state index contributed by atoms with van der Waals surface area (Å²) in [5.74, 6) is -0.0882. The minimum absolute atomic E-state index is 0.0528. The Balaban J connectivity index is 1.68. The number of Topliss-reactive ketones (excluding diaryl/α,β-unsaturated/α-hetero) is 1. The monoisotopic (exact) mass is 342 g/mol. The SMILES string of the molecule is Cc1ccc(C(=O)CCC(=O)NCC(=O)NCc2ccco2)cc1C. The van der Waals surface area contributed by atoms with Crippen molar-refractivity contribution in [2.45, 2.75) is 33.2 Å². The lowest BCUT2D eigenvalue weighted by Gasteiger charge is -2.07. The summed E-state index contributed by atoms with van der Waals surface area (Å²) < 4.78 is 5.09. The first-order chi connectivity index (χ1) is 12.0. The number of nitrogens with one attached hydrogen (secondary N) is 2. The van der Waals surface area contributed by atoms with Crippen LogP contribution < -0.4 is 10.6 Å². The van der Waals surface area contributed by atoms with Crippen LogP contribution in [0.1, 0.15) is 40.1 Å². The van der Waals surface area contributed by atoms with Crippen molar-refractivity contribution in [3.05, 3.63) is 59.0 Å². The molecule has 0 fully saturated rings. The van der Waals surface area contributed by atoms with Crippen molar-refractivity contribution >= 4 is 17.6 Å². The Morgan fingerprint density at radius 2 is 1.76 bits per heavy atom. The van der Waals surface area contributed by atoms with Gasteiger partial charge in [-0.05, 0) is 43.2 Å². The van der Waals surface area contributed by atoms with Crippen LogP contribution in [0.3, 0.4) is 0 Å². The summed E-state index contributed by atoms with van der Waals surface area (Å²) in [4.78, 5) is 35.5. The molecular formula is C19H22N2O4. The molecule has 0 atom stereocenters. The maximum atomic E-state index is 12.1. The number of benzene rings is 1. The molecule has 6 heteroatoms. The number of carbonyl (C=O) groups is 3. The van der Waals surface area contributed by atoms with Crippen LogP contribution in [0.15, 0.2) is 41.0 Å². The van der Waals surface area contributed by atoms with E-state index in [-0.39, 0.29) is 43.5 Å². The molecule has 2 rings (SSSR count). The lowest BCUT2D eigenvalue weighted by Crippen LogP contribution is -2.36. The number of rotatable bonds is 8. The molecule has 2 amide bonds. The molecule has 0 radical (unpaired) electrons. The largest absolute Gasteiger partial charge is 0.467 e. The highest BCUT2D eigenvalue weighted by Crippen LogP contribution is 2.12. The number of hydrogen-bond acceptors (Lipinski definition) is 4. The molecule has 1 aromatic carbocycles. The Kier molecular flexibility index (Phi) is 6.51. The number of ketones is 1. The van der Waals surface area contributed by atoms with Crippen molar-refractivity contribution in [3.8, 4) is 0 Å². The van der Waals surface area contributed by atoms with E-state index in [1.165, 1.54) is 6.26 Å². The van der Waals surface area contributed by atoms with E-state index < -0.39 is 0 Å². The van der Waals surface area contributed by atoms with E-state index in [1.807, 2.05) is 26.0 Å². The van der Waals surface area contributed by atoms with Gasteiger partial charge in [-0.1, -0.05) is 12.1 Å². The minimum atomic E-state index is -0.328. The average molecular weight is 342 g/mol. The van der Waals surface area contributed by atoms with Crippen LogP contribution in [0.5, 0.6) is 0 Å². The molecule has 25 heavy (non-hydrogen) atoms. The smallest absolute Gasteiger partial charge is 0.239 e. The molecule has 0 bridgehead atoms. The van der Waals surface area contributed by atoms with Crippen molar-refractivity contribution in [1.82, 2.24) is 10.6 Å². The van der Waals surface area contributed by atoms with Gasteiger partial charge in [0.15, 0.2) is 5.78 Å². The van der Waals surface area contributed by atoms with Gasteiger partial charge >= 0.3 is 0 Å². The minimum Gasteiger partial charge on any atom is -0.467 e. The third kappa shape index (κ3) is 5.91. The molecule has 132 valence electrons. The number of carbonyl (C=O) groups excluding carboxylic acids is 3. The van der Waals surface area contributed by atoms with E-state index in [1.54, 1.807) is 18.2 Å². The third-order valence-corrected chi connectivity index (χ3v) is 3.89. The van der Waals surface area contributed by atoms with E-state index in [0.717, 1.165) is 11.1 Å². The van der Waals surface area contributed by atoms with Crippen LogP contribution in [0.2, 0.25) is 0 Å². The van der Waals surface area contributed by atoms with Crippen LogP contribution in [0, 0.1) is 13.8 Å². The predicted octanol–water partition coefficient (Wildman–Crippen LogP) is 2.29. The quantitative estimate of drug-likeness (QED) is 0.721. The zero-order chi connectivity index (χ0) is 18.2. The molecule has 0 unspecified atom stereocenters. The Morgan fingerprint density at radius 1 is 0.960 bits per heavy atom. The standard InChI is InChI=1S/C19H22N2O4/c1-13-5-6-15(10-14(13)2)17(22)7-8-18(23)21-12-19(24)20-11-16-4-3-9-25-16/h3-6,9-10H,7-8,11-12H2,1-2H3,(H,20,24)(H,21,23). The summed E-state index contributed by atoms with van der Waals surface area (Å²) in [6.45, 7) is 4.07. The number of amides is 2. The average Bonchev–Trinajstić information content (AvgIpc) is 3.12. The zero-order valence-corrected chi connectivity index (χ0v) is 14.4. The van der Waals surface area contributed by atoms with Crippen molar-refractivity contribution in [3.63, 3.8) is 0 Å². The fourth-order valence-corrected chi connectivity index (χ4v) is 2.21. The number of furan rings is 1. The van der Waals surface area contributed by atoms with E-state index in [2.05, 4.69) is 10.6 Å². The first-order valence-electron chi connectivity index (χ1n) is 8.12. The van der Waals surface area contributed by atoms with Crippen molar-refractivity contribution < 1.29 is 18.8 Å². The molecule has 1 aromatic heterocycles. The highest BCUT2D eigenvalue weighted by atomic mass is 16.3. The van der Waals surface area contributed by atoms with Gasteiger partial charge in [0, 0.05) is 18.4 Å². The molecule has 0 aliphatic carbocycles. The van der Waals surface area contributed by atoms with Crippen LogP contribution in [-0.4, -0.2) is 24.1 Å². The summed E-state index contributed by atoms with van der Waals surface area (Å²) in [6, 6.07) is 8.97. The van der Waals surface area contributed by atoms with Crippen molar-refractivity contribution in [1.29, 1.82) is 0 Å². The molecule has 0 aliphatic rings. The van der Waals surface area contributed by atoms with Gasteiger partial charge in [0.05, 0.1) is 19.4 Å². The van der Waals surface area contributed by atoms with Crippen LogP contribution in [-0.2, 0) is 16.1 Å². The Labute approximate surface area is 146 Å². The van der Waals surface area contributed by atoms with Gasteiger partial charge in [-0.3, -0.25) is 14.4 Å². The molecule has 0 spiro atoms. The molecular weight excluding hydrogens is 320 g/mol. The first kappa shape index (κ1) is 18.4. The second kappa shape index (κ2) is 8.82. The summed E-state index contributed by atoms with van der Waals surface area (Å²) in [5, 5.41) is 5.13. The molecule has 1 heterocycles.